The topological polar surface area (TPSA) is 131 Å². The third kappa shape index (κ3) is 2.28. The normalized spacial score (nSPS) is 40.1. The van der Waals surface area contributed by atoms with Crippen LogP contribution in [0.25, 0.3) is 0 Å². The highest BCUT2D eigenvalue weighted by molar-refractivity contribution is 5.89. The molecule has 8 heterocycles. The van der Waals surface area contributed by atoms with Crippen LogP contribution >= 0.6 is 0 Å². The fraction of sp³-hybridized carbons (Fsp3) is 0.826. The molecule has 0 aromatic rings. The molecular formula is C23H32N8O8. The Kier molecular flexibility index (Phi) is 4.48. The summed E-state index contributed by atoms with van der Waals surface area (Å²) < 4.78 is 22.5. The van der Waals surface area contributed by atoms with Crippen LogP contribution in [0.2, 0.25) is 0 Å². The number of carbonyl (C=O) groups is 4. The van der Waals surface area contributed by atoms with Crippen LogP contribution in [0, 0.1) is 0 Å². The van der Waals surface area contributed by atoms with Crippen LogP contribution in [0.5, 0.6) is 0 Å². The van der Waals surface area contributed by atoms with E-state index in [4.69, 9.17) is 18.9 Å². The third-order valence-electron chi connectivity index (χ3n) is 10.6. The SMILES string of the molecule is CC12N3COCN1C(=O)N1COCN(C3=O)C12CCCCCC12N3COCN1C(=O)N1COCN(C3=O)C12C. The second kappa shape index (κ2) is 7.35. The molecule has 8 fully saturated rings. The van der Waals surface area contributed by atoms with E-state index in [1.54, 1.807) is 39.2 Å². The third-order valence-corrected chi connectivity index (χ3v) is 10.6. The summed E-state index contributed by atoms with van der Waals surface area (Å²) in [7, 11) is 0. The Hall–Kier alpha value is -3.08. The summed E-state index contributed by atoms with van der Waals surface area (Å²) in [6, 6.07) is -0.803. The van der Waals surface area contributed by atoms with Crippen LogP contribution in [0.4, 0.5) is 19.2 Å². The van der Waals surface area contributed by atoms with Crippen LogP contribution in [0.3, 0.4) is 0 Å². The van der Waals surface area contributed by atoms with Crippen molar-refractivity contribution in [3.8, 4) is 0 Å². The highest BCUT2D eigenvalue weighted by Crippen LogP contribution is 2.57. The van der Waals surface area contributed by atoms with Crippen molar-refractivity contribution >= 4 is 24.1 Å². The van der Waals surface area contributed by atoms with Crippen molar-refractivity contribution in [2.45, 2.75) is 68.6 Å². The molecule has 212 valence electrons. The highest BCUT2D eigenvalue weighted by atomic mass is 16.5. The molecule has 0 saturated carbocycles. The molecule has 8 saturated heterocycles. The fourth-order valence-electron chi connectivity index (χ4n) is 8.63. The Morgan fingerprint density at radius 2 is 0.718 bits per heavy atom. The quantitative estimate of drug-likeness (QED) is 0.439. The van der Waals surface area contributed by atoms with E-state index in [1.165, 1.54) is 0 Å². The van der Waals surface area contributed by atoms with Gasteiger partial charge in [-0.2, -0.15) is 0 Å². The molecule has 8 rings (SSSR count). The molecule has 0 aromatic carbocycles. The Balaban J connectivity index is 1.04. The first kappa shape index (κ1) is 23.8. The van der Waals surface area contributed by atoms with Crippen LogP contribution in [0.15, 0.2) is 0 Å². The largest absolute Gasteiger partial charge is 0.340 e. The minimum Gasteiger partial charge on any atom is -0.340 e. The van der Waals surface area contributed by atoms with Crippen LogP contribution in [-0.4, -0.2) is 140 Å². The molecule has 0 aromatic heterocycles. The summed E-state index contributed by atoms with van der Waals surface area (Å²) in [4.78, 5) is 66.7. The van der Waals surface area contributed by atoms with Crippen LogP contribution in [-0.2, 0) is 18.9 Å². The molecule has 0 unspecified atom stereocenters. The molecule has 0 N–H and O–H groups in total. The highest BCUT2D eigenvalue weighted by Gasteiger charge is 2.79. The smallest absolute Gasteiger partial charge is 0.327 e. The van der Waals surface area contributed by atoms with Gasteiger partial charge in [0.15, 0.2) is 22.7 Å². The molecule has 16 heteroatoms. The van der Waals surface area contributed by atoms with Crippen LogP contribution in [0.1, 0.15) is 46.0 Å². The zero-order valence-electron chi connectivity index (χ0n) is 22.0. The number of ether oxygens (including phenoxy) is 4. The summed E-state index contributed by atoms with van der Waals surface area (Å²) in [5.41, 5.74) is -3.43. The van der Waals surface area contributed by atoms with Gasteiger partial charge < -0.3 is 18.9 Å². The molecule has 16 nitrogen and oxygen atoms in total. The number of nitrogens with zero attached hydrogens (tertiary/aromatic N) is 8. The van der Waals surface area contributed by atoms with Crippen molar-refractivity contribution in [1.29, 1.82) is 0 Å². The number of urea groups is 4. The Bertz CT molecular complexity index is 1030. The monoisotopic (exact) mass is 548 g/mol. The number of amides is 8. The van der Waals surface area contributed by atoms with Gasteiger partial charge in [-0.3, -0.25) is 39.2 Å². The Morgan fingerprint density at radius 3 is 1.00 bits per heavy atom. The van der Waals surface area contributed by atoms with Gasteiger partial charge in [-0.25, -0.2) is 19.2 Å². The zero-order valence-corrected chi connectivity index (χ0v) is 22.0. The van der Waals surface area contributed by atoms with Crippen LogP contribution < -0.4 is 0 Å². The van der Waals surface area contributed by atoms with Gasteiger partial charge in [0.1, 0.15) is 53.8 Å². The first-order valence-corrected chi connectivity index (χ1v) is 13.4. The lowest BCUT2D eigenvalue weighted by atomic mass is 9.85. The maximum Gasteiger partial charge on any atom is 0.327 e. The minimum atomic E-state index is -0.861. The van der Waals surface area contributed by atoms with Gasteiger partial charge in [-0.15, -0.1) is 0 Å². The predicted molar refractivity (Wildman–Crippen MR) is 125 cm³/mol. The molecule has 8 aliphatic rings. The lowest BCUT2D eigenvalue weighted by Gasteiger charge is -2.51. The summed E-state index contributed by atoms with van der Waals surface area (Å²) in [5.74, 6) is 0. The number of hydrogen-bond donors (Lipinski definition) is 0. The number of rotatable bonds is 6. The molecule has 0 bridgehead atoms. The summed E-state index contributed by atoms with van der Waals surface area (Å²) in [6.45, 7) is 4.85. The molecule has 39 heavy (non-hydrogen) atoms. The lowest BCUT2D eigenvalue weighted by molar-refractivity contribution is -0.197. The average Bonchev–Trinajstić information content (AvgIpc) is 3.44. The molecule has 0 spiro atoms. The number of unbranched alkanes of at least 4 members (excludes halogenated alkanes) is 2. The van der Waals surface area contributed by atoms with E-state index in [2.05, 4.69) is 0 Å². The van der Waals surface area contributed by atoms with Gasteiger partial charge in [0, 0.05) is 0 Å². The van der Waals surface area contributed by atoms with Gasteiger partial charge in [0.25, 0.3) is 0 Å². The van der Waals surface area contributed by atoms with E-state index >= 15 is 0 Å². The molecule has 0 aliphatic carbocycles. The lowest BCUT2D eigenvalue weighted by Crippen LogP contribution is -2.70. The Morgan fingerprint density at radius 1 is 0.462 bits per heavy atom. The van der Waals surface area contributed by atoms with Crippen molar-refractivity contribution in [3.05, 3.63) is 0 Å². The standard InChI is InChI=1S/C23H32N8O8/c1-20-22(28-12-38-13-29(22)17(33)25(20)9-36-8-24(20)16(28)32)6-4-3-5-7-23-21(2)26-10-37-11-27(21)19(35)31(23)15-39-14-30(23)18(26)34/h3-15H2,1-2H3. The Labute approximate surface area is 224 Å². The van der Waals surface area contributed by atoms with Gasteiger partial charge in [-0.05, 0) is 39.5 Å². The first-order valence-electron chi connectivity index (χ1n) is 13.4. The molecule has 0 radical (unpaired) electrons. The summed E-state index contributed by atoms with van der Waals surface area (Å²) in [6.07, 6.45) is 3.38. The van der Waals surface area contributed by atoms with E-state index in [0.717, 1.165) is 19.3 Å². The van der Waals surface area contributed by atoms with Gasteiger partial charge >= 0.3 is 24.1 Å². The van der Waals surface area contributed by atoms with Crippen molar-refractivity contribution in [2.24, 2.45) is 0 Å². The van der Waals surface area contributed by atoms with E-state index in [9.17, 15) is 19.2 Å². The van der Waals surface area contributed by atoms with Crippen molar-refractivity contribution in [3.63, 3.8) is 0 Å². The zero-order chi connectivity index (χ0) is 26.9. The van der Waals surface area contributed by atoms with E-state index in [0.29, 0.717) is 12.8 Å². The molecule has 8 amide bonds. The summed E-state index contributed by atoms with van der Waals surface area (Å²) in [5, 5.41) is 0. The van der Waals surface area contributed by atoms with Gasteiger partial charge in [0.05, 0.1) is 0 Å². The average molecular weight is 549 g/mol. The molecular weight excluding hydrogens is 516 g/mol. The maximum absolute atomic E-state index is 13.4. The number of carbonyl (C=O) groups excluding carboxylic acids is 4. The van der Waals surface area contributed by atoms with Gasteiger partial charge in [0.2, 0.25) is 0 Å². The van der Waals surface area contributed by atoms with Crippen molar-refractivity contribution in [2.75, 3.05) is 53.8 Å². The van der Waals surface area contributed by atoms with E-state index in [1.807, 2.05) is 13.8 Å². The van der Waals surface area contributed by atoms with E-state index < -0.39 is 22.7 Å². The number of hydrogen-bond acceptors (Lipinski definition) is 8. The second-order valence-electron chi connectivity index (χ2n) is 11.6. The first-order chi connectivity index (χ1) is 18.8. The minimum absolute atomic E-state index is 0.117. The van der Waals surface area contributed by atoms with Crippen molar-refractivity contribution in [1.82, 2.24) is 39.2 Å². The molecule has 0 atom stereocenters. The van der Waals surface area contributed by atoms with E-state index in [-0.39, 0.29) is 78.0 Å². The van der Waals surface area contributed by atoms with Gasteiger partial charge in [-0.1, -0.05) is 6.42 Å². The molecule has 8 aliphatic heterocycles. The van der Waals surface area contributed by atoms with Crippen molar-refractivity contribution < 1.29 is 38.1 Å². The maximum atomic E-state index is 13.4. The fourth-order valence-corrected chi connectivity index (χ4v) is 8.63. The summed E-state index contributed by atoms with van der Waals surface area (Å²) >= 11 is 0. The predicted octanol–water partition coefficient (Wildman–Crippen LogP) is 0.493. The second-order valence-corrected chi connectivity index (χ2v) is 11.6.